The van der Waals surface area contributed by atoms with E-state index in [0.717, 1.165) is 16.8 Å². The van der Waals surface area contributed by atoms with E-state index in [1.54, 1.807) is 0 Å². The molecule has 2 rings (SSSR count). The quantitative estimate of drug-likeness (QED) is 0.625. The fraction of sp³-hybridized carbons (Fsp3) is 0.200. The standard InChI is InChI=1S/C10H12N2S/c11-4-3-7-1-2-9-8(5-7)10(13)6-12-9/h1-2,5-6,12-13H,3-4,11H2. The maximum atomic E-state index is 5.49. The van der Waals surface area contributed by atoms with Crippen LogP contribution in [0.2, 0.25) is 0 Å². The second-order valence-corrected chi connectivity index (χ2v) is 3.57. The molecule has 0 spiro atoms. The molecule has 0 saturated heterocycles. The van der Waals surface area contributed by atoms with Crippen molar-refractivity contribution in [3.63, 3.8) is 0 Å². The molecular formula is C10H12N2S. The molecule has 0 radical (unpaired) electrons. The average molecular weight is 192 g/mol. The zero-order valence-electron chi connectivity index (χ0n) is 7.25. The van der Waals surface area contributed by atoms with Crippen molar-refractivity contribution < 1.29 is 0 Å². The summed E-state index contributed by atoms with van der Waals surface area (Å²) in [6.45, 7) is 0.692. The third kappa shape index (κ3) is 1.57. The molecule has 1 heterocycles. The number of hydrogen-bond donors (Lipinski definition) is 3. The van der Waals surface area contributed by atoms with Gasteiger partial charge in [-0.1, -0.05) is 6.07 Å². The SMILES string of the molecule is NCCc1ccc2[nH]cc(S)c2c1. The van der Waals surface area contributed by atoms with Crippen LogP contribution in [-0.2, 0) is 6.42 Å². The van der Waals surface area contributed by atoms with Crippen LogP contribution in [0.25, 0.3) is 10.9 Å². The number of fused-ring (bicyclic) bond motifs is 1. The highest BCUT2D eigenvalue weighted by molar-refractivity contribution is 7.80. The van der Waals surface area contributed by atoms with Crippen molar-refractivity contribution in [3.8, 4) is 0 Å². The van der Waals surface area contributed by atoms with E-state index in [1.807, 2.05) is 6.20 Å². The van der Waals surface area contributed by atoms with Gasteiger partial charge in [0.25, 0.3) is 0 Å². The van der Waals surface area contributed by atoms with E-state index in [4.69, 9.17) is 5.73 Å². The van der Waals surface area contributed by atoms with Gasteiger partial charge in [0.2, 0.25) is 0 Å². The first-order chi connectivity index (χ1) is 6.31. The van der Waals surface area contributed by atoms with Crippen LogP contribution >= 0.6 is 12.6 Å². The van der Waals surface area contributed by atoms with Crippen LogP contribution in [0.3, 0.4) is 0 Å². The predicted octanol–water partition coefficient (Wildman–Crippen LogP) is 1.96. The Balaban J connectivity index is 2.53. The highest BCUT2D eigenvalue weighted by Gasteiger charge is 2.00. The lowest BCUT2D eigenvalue weighted by Gasteiger charge is -1.98. The van der Waals surface area contributed by atoms with Crippen molar-refractivity contribution in [1.82, 2.24) is 4.98 Å². The summed E-state index contributed by atoms with van der Waals surface area (Å²) < 4.78 is 0. The summed E-state index contributed by atoms with van der Waals surface area (Å²) in [5.74, 6) is 0. The van der Waals surface area contributed by atoms with Crippen molar-refractivity contribution in [2.45, 2.75) is 11.3 Å². The number of benzene rings is 1. The molecule has 1 aromatic carbocycles. The van der Waals surface area contributed by atoms with E-state index in [1.165, 1.54) is 10.9 Å². The number of aromatic nitrogens is 1. The summed E-state index contributed by atoms with van der Waals surface area (Å²) in [5.41, 5.74) is 7.89. The van der Waals surface area contributed by atoms with Crippen molar-refractivity contribution in [2.75, 3.05) is 6.54 Å². The summed E-state index contributed by atoms with van der Waals surface area (Å²) in [5, 5.41) is 1.18. The Bertz CT molecular complexity index is 420. The van der Waals surface area contributed by atoms with Crippen molar-refractivity contribution >= 4 is 23.5 Å². The second-order valence-electron chi connectivity index (χ2n) is 3.09. The van der Waals surface area contributed by atoms with E-state index in [9.17, 15) is 0 Å². The Kier molecular flexibility index (Phi) is 2.29. The topological polar surface area (TPSA) is 41.8 Å². The number of nitrogens with one attached hydrogen (secondary N) is 1. The summed E-state index contributed by atoms with van der Waals surface area (Å²) in [6, 6.07) is 6.31. The normalized spacial score (nSPS) is 10.9. The molecule has 0 aliphatic heterocycles. The fourth-order valence-corrected chi connectivity index (χ4v) is 1.72. The lowest BCUT2D eigenvalue weighted by Crippen LogP contribution is -2.02. The van der Waals surface area contributed by atoms with Gasteiger partial charge in [0.15, 0.2) is 0 Å². The maximum absolute atomic E-state index is 5.49. The minimum absolute atomic E-state index is 0.692. The van der Waals surface area contributed by atoms with Gasteiger partial charge in [0.1, 0.15) is 0 Å². The van der Waals surface area contributed by atoms with Gasteiger partial charge in [-0.25, -0.2) is 0 Å². The van der Waals surface area contributed by atoms with Crippen LogP contribution in [0.1, 0.15) is 5.56 Å². The first-order valence-corrected chi connectivity index (χ1v) is 4.75. The summed E-state index contributed by atoms with van der Waals surface area (Å²) in [7, 11) is 0. The summed E-state index contributed by atoms with van der Waals surface area (Å²) in [6.07, 6.45) is 2.83. The highest BCUT2D eigenvalue weighted by Crippen LogP contribution is 2.22. The zero-order chi connectivity index (χ0) is 9.26. The van der Waals surface area contributed by atoms with Crippen LogP contribution in [0.15, 0.2) is 29.3 Å². The van der Waals surface area contributed by atoms with E-state index < -0.39 is 0 Å². The summed E-state index contributed by atoms with van der Waals surface area (Å²) in [4.78, 5) is 4.14. The molecule has 0 atom stereocenters. The van der Waals surface area contributed by atoms with Crippen LogP contribution < -0.4 is 5.73 Å². The lowest BCUT2D eigenvalue weighted by molar-refractivity contribution is 0.971. The minimum Gasteiger partial charge on any atom is -0.360 e. The van der Waals surface area contributed by atoms with E-state index >= 15 is 0 Å². The molecule has 0 unspecified atom stereocenters. The van der Waals surface area contributed by atoms with Gasteiger partial charge in [0, 0.05) is 22.0 Å². The molecule has 0 aliphatic rings. The Morgan fingerprint density at radius 3 is 3.00 bits per heavy atom. The number of H-pyrrole nitrogens is 1. The number of nitrogens with two attached hydrogens (primary N) is 1. The molecule has 3 heteroatoms. The predicted molar refractivity (Wildman–Crippen MR) is 58.3 cm³/mol. The Hall–Kier alpha value is -0.930. The molecule has 0 amide bonds. The fourth-order valence-electron chi connectivity index (χ4n) is 1.48. The first-order valence-electron chi connectivity index (χ1n) is 4.30. The van der Waals surface area contributed by atoms with Crippen LogP contribution in [0.5, 0.6) is 0 Å². The van der Waals surface area contributed by atoms with E-state index in [-0.39, 0.29) is 0 Å². The maximum Gasteiger partial charge on any atom is 0.0465 e. The molecule has 68 valence electrons. The molecule has 0 fully saturated rings. The molecule has 3 N–H and O–H groups in total. The molecule has 0 aliphatic carbocycles. The minimum atomic E-state index is 0.692. The number of hydrogen-bond acceptors (Lipinski definition) is 2. The highest BCUT2D eigenvalue weighted by atomic mass is 32.1. The molecule has 0 saturated carbocycles. The van der Waals surface area contributed by atoms with E-state index in [0.29, 0.717) is 6.54 Å². The molecule has 2 nitrogen and oxygen atoms in total. The third-order valence-electron chi connectivity index (χ3n) is 2.16. The van der Waals surface area contributed by atoms with Gasteiger partial charge in [-0.15, -0.1) is 12.6 Å². The monoisotopic (exact) mass is 192 g/mol. The van der Waals surface area contributed by atoms with Crippen molar-refractivity contribution in [3.05, 3.63) is 30.0 Å². The largest absolute Gasteiger partial charge is 0.360 e. The Morgan fingerprint density at radius 2 is 2.23 bits per heavy atom. The van der Waals surface area contributed by atoms with Crippen molar-refractivity contribution in [2.24, 2.45) is 5.73 Å². The van der Waals surface area contributed by atoms with Crippen molar-refractivity contribution in [1.29, 1.82) is 0 Å². The molecular weight excluding hydrogens is 180 g/mol. The Labute approximate surface area is 82.5 Å². The number of aromatic amines is 1. The van der Waals surface area contributed by atoms with Gasteiger partial charge in [0.05, 0.1) is 0 Å². The van der Waals surface area contributed by atoms with Gasteiger partial charge in [-0.3, -0.25) is 0 Å². The van der Waals surface area contributed by atoms with Crippen LogP contribution in [0.4, 0.5) is 0 Å². The first kappa shape index (κ1) is 8.66. The smallest absolute Gasteiger partial charge is 0.0465 e. The molecule has 2 aromatic rings. The third-order valence-corrected chi connectivity index (χ3v) is 2.53. The number of thiol groups is 1. The molecule has 0 bridgehead atoms. The van der Waals surface area contributed by atoms with Crippen LogP contribution in [-0.4, -0.2) is 11.5 Å². The zero-order valence-corrected chi connectivity index (χ0v) is 8.14. The van der Waals surface area contributed by atoms with E-state index in [2.05, 4.69) is 35.8 Å². The van der Waals surface area contributed by atoms with Gasteiger partial charge < -0.3 is 10.7 Å². The van der Waals surface area contributed by atoms with Gasteiger partial charge in [-0.05, 0) is 30.7 Å². The average Bonchev–Trinajstić information content (AvgIpc) is 2.49. The Morgan fingerprint density at radius 1 is 1.38 bits per heavy atom. The van der Waals surface area contributed by atoms with Gasteiger partial charge in [-0.2, -0.15) is 0 Å². The van der Waals surface area contributed by atoms with Crippen LogP contribution in [0, 0.1) is 0 Å². The second kappa shape index (κ2) is 3.44. The number of rotatable bonds is 2. The summed E-state index contributed by atoms with van der Waals surface area (Å²) >= 11 is 4.35. The molecule has 1 aromatic heterocycles. The van der Waals surface area contributed by atoms with Gasteiger partial charge >= 0.3 is 0 Å². The lowest BCUT2D eigenvalue weighted by atomic mass is 10.1. The molecule has 13 heavy (non-hydrogen) atoms.